The molecule has 0 amide bonds. The number of hydrogen-bond acceptors (Lipinski definition) is 3. The third kappa shape index (κ3) is 3.08. The van der Waals surface area contributed by atoms with Crippen LogP contribution in [0.4, 0.5) is 0 Å². The highest BCUT2D eigenvalue weighted by molar-refractivity contribution is 5.43. The molecule has 0 saturated carbocycles. The average Bonchev–Trinajstić information content (AvgIpc) is 2.72. The maximum atomic E-state index is 5.94. The molecule has 0 spiro atoms. The summed E-state index contributed by atoms with van der Waals surface area (Å²) in [5, 5.41) is 3.72. The van der Waals surface area contributed by atoms with Gasteiger partial charge in [-0.1, -0.05) is 24.3 Å². The average molecular weight is 282 g/mol. The predicted molar refractivity (Wildman–Crippen MR) is 84.4 cm³/mol. The molecule has 3 heteroatoms. The second-order valence-electron chi connectivity index (χ2n) is 5.68. The molecule has 2 atom stereocenters. The zero-order chi connectivity index (χ0) is 14.7. The fourth-order valence-electron chi connectivity index (χ4n) is 2.96. The van der Waals surface area contributed by atoms with Gasteiger partial charge >= 0.3 is 0 Å². The molecule has 1 aromatic carbocycles. The number of ether oxygens (including phenoxy) is 1. The van der Waals surface area contributed by atoms with Gasteiger partial charge in [-0.3, -0.25) is 4.98 Å². The first-order chi connectivity index (χ1) is 10.3. The third-order valence-corrected chi connectivity index (χ3v) is 4.08. The lowest BCUT2D eigenvalue weighted by Gasteiger charge is -2.23. The van der Waals surface area contributed by atoms with E-state index in [4.69, 9.17) is 4.74 Å². The van der Waals surface area contributed by atoms with Crippen molar-refractivity contribution in [3.63, 3.8) is 0 Å². The molecule has 3 rings (SSSR count). The Morgan fingerprint density at radius 2 is 2.14 bits per heavy atom. The predicted octanol–water partition coefficient (Wildman–Crippen LogP) is 3.95. The quantitative estimate of drug-likeness (QED) is 0.925. The molecule has 1 aromatic heterocycles. The fraction of sp³-hybridized carbons (Fsp3) is 0.389. The number of nitrogens with one attached hydrogen (secondary N) is 1. The Balaban J connectivity index is 1.84. The van der Waals surface area contributed by atoms with Crippen LogP contribution in [0.1, 0.15) is 48.7 Å². The van der Waals surface area contributed by atoms with Crippen molar-refractivity contribution in [2.24, 2.45) is 0 Å². The summed E-state index contributed by atoms with van der Waals surface area (Å²) in [5.74, 6) is 1.06. The standard InChI is InChI=1S/C18H22N2O/c1-13-7-5-8-15-17(10-6-12-21-18(13)15)20-14(2)16-9-3-4-11-19-16/h3-5,7-9,11,14,17,20H,6,10,12H2,1-2H3/t14-,17?/m1/s1. The fourth-order valence-corrected chi connectivity index (χ4v) is 2.96. The number of aromatic nitrogens is 1. The number of aryl methyl sites for hydroxylation is 1. The maximum Gasteiger partial charge on any atom is 0.126 e. The van der Waals surface area contributed by atoms with Gasteiger partial charge in [0.25, 0.3) is 0 Å². The third-order valence-electron chi connectivity index (χ3n) is 4.08. The monoisotopic (exact) mass is 282 g/mol. The summed E-state index contributed by atoms with van der Waals surface area (Å²) in [5.41, 5.74) is 3.57. The van der Waals surface area contributed by atoms with E-state index in [0.29, 0.717) is 6.04 Å². The first-order valence-electron chi connectivity index (χ1n) is 7.65. The van der Waals surface area contributed by atoms with Crippen molar-refractivity contribution >= 4 is 0 Å². The minimum absolute atomic E-state index is 0.225. The Morgan fingerprint density at radius 3 is 2.95 bits per heavy atom. The van der Waals surface area contributed by atoms with Crippen LogP contribution >= 0.6 is 0 Å². The summed E-state index contributed by atoms with van der Waals surface area (Å²) in [7, 11) is 0. The van der Waals surface area contributed by atoms with Gasteiger partial charge in [0.15, 0.2) is 0 Å². The number of pyridine rings is 1. The van der Waals surface area contributed by atoms with E-state index in [1.54, 1.807) is 0 Å². The van der Waals surface area contributed by atoms with Gasteiger partial charge in [-0.2, -0.15) is 0 Å². The topological polar surface area (TPSA) is 34.1 Å². The van der Waals surface area contributed by atoms with Crippen LogP contribution in [-0.4, -0.2) is 11.6 Å². The van der Waals surface area contributed by atoms with Crippen molar-refractivity contribution in [3.8, 4) is 5.75 Å². The van der Waals surface area contributed by atoms with E-state index in [9.17, 15) is 0 Å². The highest BCUT2D eigenvalue weighted by atomic mass is 16.5. The molecule has 0 bridgehead atoms. The van der Waals surface area contributed by atoms with Crippen LogP contribution in [0.5, 0.6) is 5.75 Å². The highest BCUT2D eigenvalue weighted by Crippen LogP contribution is 2.35. The first-order valence-corrected chi connectivity index (χ1v) is 7.65. The number of fused-ring (bicyclic) bond motifs is 1. The summed E-state index contributed by atoms with van der Waals surface area (Å²) >= 11 is 0. The van der Waals surface area contributed by atoms with E-state index >= 15 is 0 Å². The van der Waals surface area contributed by atoms with Gasteiger partial charge in [-0.25, -0.2) is 0 Å². The van der Waals surface area contributed by atoms with E-state index in [-0.39, 0.29) is 6.04 Å². The van der Waals surface area contributed by atoms with Crippen LogP contribution < -0.4 is 10.1 Å². The van der Waals surface area contributed by atoms with Crippen LogP contribution in [0.15, 0.2) is 42.6 Å². The molecule has 0 radical (unpaired) electrons. The van der Waals surface area contributed by atoms with E-state index in [1.807, 2.05) is 18.3 Å². The van der Waals surface area contributed by atoms with E-state index in [1.165, 1.54) is 11.1 Å². The van der Waals surface area contributed by atoms with Gasteiger partial charge in [-0.05, 0) is 44.4 Å². The van der Waals surface area contributed by atoms with Crippen molar-refractivity contribution < 1.29 is 4.74 Å². The molecule has 2 aromatic rings. The van der Waals surface area contributed by atoms with Crippen LogP contribution in [0.2, 0.25) is 0 Å². The summed E-state index contributed by atoms with van der Waals surface area (Å²) in [6.45, 7) is 5.08. The summed E-state index contributed by atoms with van der Waals surface area (Å²) in [6, 6.07) is 13.0. The molecule has 0 aliphatic carbocycles. The molecular formula is C18H22N2O. The minimum atomic E-state index is 0.225. The van der Waals surface area contributed by atoms with Gasteiger partial charge < -0.3 is 10.1 Å². The lowest BCUT2D eigenvalue weighted by molar-refractivity contribution is 0.312. The van der Waals surface area contributed by atoms with E-state index < -0.39 is 0 Å². The van der Waals surface area contributed by atoms with Crippen molar-refractivity contribution in [1.29, 1.82) is 0 Å². The largest absolute Gasteiger partial charge is 0.493 e. The number of rotatable bonds is 3. The Kier molecular flexibility index (Phi) is 4.20. The Hall–Kier alpha value is -1.87. The molecule has 0 fully saturated rings. The van der Waals surface area contributed by atoms with Gasteiger partial charge in [-0.15, -0.1) is 0 Å². The summed E-state index contributed by atoms with van der Waals surface area (Å²) < 4.78 is 5.94. The minimum Gasteiger partial charge on any atom is -0.493 e. The molecule has 2 heterocycles. The SMILES string of the molecule is Cc1cccc2c1OCCCC2N[C@H](C)c1ccccn1. The van der Waals surface area contributed by atoms with E-state index in [0.717, 1.165) is 30.9 Å². The maximum absolute atomic E-state index is 5.94. The molecule has 1 N–H and O–H groups in total. The van der Waals surface area contributed by atoms with Crippen molar-refractivity contribution in [3.05, 3.63) is 59.4 Å². The smallest absolute Gasteiger partial charge is 0.126 e. The Morgan fingerprint density at radius 1 is 1.24 bits per heavy atom. The first kappa shape index (κ1) is 14.1. The van der Waals surface area contributed by atoms with Gasteiger partial charge in [0, 0.05) is 23.8 Å². The lowest BCUT2D eigenvalue weighted by atomic mass is 9.98. The lowest BCUT2D eigenvalue weighted by Crippen LogP contribution is -2.25. The molecule has 3 nitrogen and oxygen atoms in total. The zero-order valence-electron chi connectivity index (χ0n) is 12.7. The van der Waals surface area contributed by atoms with Crippen molar-refractivity contribution in [2.75, 3.05) is 6.61 Å². The molecule has 1 unspecified atom stereocenters. The highest BCUT2D eigenvalue weighted by Gasteiger charge is 2.22. The molecule has 0 saturated heterocycles. The van der Waals surface area contributed by atoms with Gasteiger partial charge in [0.2, 0.25) is 0 Å². The van der Waals surface area contributed by atoms with Gasteiger partial charge in [0.05, 0.1) is 12.3 Å². The van der Waals surface area contributed by atoms with Gasteiger partial charge in [0.1, 0.15) is 5.75 Å². The summed E-state index contributed by atoms with van der Waals surface area (Å²) in [4.78, 5) is 4.45. The molecular weight excluding hydrogens is 260 g/mol. The van der Waals surface area contributed by atoms with Crippen molar-refractivity contribution in [1.82, 2.24) is 10.3 Å². The van der Waals surface area contributed by atoms with E-state index in [2.05, 4.69) is 48.4 Å². The number of para-hydroxylation sites is 1. The van der Waals surface area contributed by atoms with Crippen LogP contribution in [0, 0.1) is 6.92 Å². The summed E-state index contributed by atoms with van der Waals surface area (Å²) in [6.07, 6.45) is 4.01. The second kappa shape index (κ2) is 6.27. The molecule has 1 aliphatic heterocycles. The molecule has 21 heavy (non-hydrogen) atoms. The number of benzene rings is 1. The number of nitrogens with zero attached hydrogens (tertiary/aromatic N) is 1. The zero-order valence-corrected chi connectivity index (χ0v) is 12.7. The second-order valence-corrected chi connectivity index (χ2v) is 5.68. The van der Waals surface area contributed by atoms with Crippen LogP contribution in [0.25, 0.3) is 0 Å². The van der Waals surface area contributed by atoms with Crippen LogP contribution in [-0.2, 0) is 0 Å². The van der Waals surface area contributed by atoms with Crippen molar-refractivity contribution in [2.45, 2.75) is 38.8 Å². The number of hydrogen-bond donors (Lipinski definition) is 1. The Labute approximate surface area is 126 Å². The van der Waals surface area contributed by atoms with Crippen LogP contribution in [0.3, 0.4) is 0 Å². The normalized spacial score (nSPS) is 19.2. The molecule has 1 aliphatic rings. The molecule has 110 valence electrons. The Bertz CT molecular complexity index is 597.